The molecule has 6 nitrogen and oxygen atoms in total. The van der Waals surface area contributed by atoms with E-state index in [1.807, 2.05) is 106 Å². The lowest BCUT2D eigenvalue weighted by Gasteiger charge is -2.26. The predicted octanol–water partition coefficient (Wildman–Crippen LogP) is 5.88. The highest BCUT2D eigenvalue weighted by atomic mass is 16.6. The van der Waals surface area contributed by atoms with Crippen molar-refractivity contribution in [3.63, 3.8) is 0 Å². The second-order valence-electron chi connectivity index (χ2n) is 10.5. The van der Waals surface area contributed by atoms with Gasteiger partial charge in [-0.2, -0.15) is 0 Å². The molecule has 0 aromatic heterocycles. The topological polar surface area (TPSA) is 73.9 Å². The Hall–Kier alpha value is -3.80. The number of hydrogen-bond donors (Lipinski definition) is 1. The summed E-state index contributed by atoms with van der Waals surface area (Å²) >= 11 is 0. The van der Waals surface area contributed by atoms with Gasteiger partial charge in [0.1, 0.15) is 24.1 Å². The van der Waals surface area contributed by atoms with Gasteiger partial charge in [-0.1, -0.05) is 72.8 Å². The van der Waals surface area contributed by atoms with E-state index in [1.165, 1.54) is 0 Å². The number of hydrogen-bond acceptors (Lipinski definition) is 5. The standard InChI is InChI=1S/C31H35NO5/c1-31(2,3)37-30(34)32-27(19-22-10-6-4-7-11-22)28-20-25(29(33)36-28)18-23-14-16-26(17-15-23)35-21-24-12-8-5-9-13-24/h4-17,25,27-28H,18-21H2,1-3H3,(H,32,34)/t25-,27+,28+/m1/s1. The zero-order chi connectivity index (χ0) is 26.3. The molecule has 1 N–H and O–H groups in total. The van der Waals surface area contributed by atoms with Crippen LogP contribution in [-0.4, -0.2) is 29.8 Å². The van der Waals surface area contributed by atoms with Gasteiger partial charge < -0.3 is 19.5 Å². The molecule has 0 unspecified atom stereocenters. The van der Waals surface area contributed by atoms with Gasteiger partial charge in [-0.3, -0.25) is 4.79 Å². The number of carbonyl (C=O) groups is 2. The minimum Gasteiger partial charge on any atom is -0.489 e. The van der Waals surface area contributed by atoms with Crippen LogP contribution in [0.3, 0.4) is 0 Å². The van der Waals surface area contributed by atoms with E-state index in [-0.39, 0.29) is 17.9 Å². The van der Waals surface area contributed by atoms with E-state index in [2.05, 4.69) is 5.32 Å². The van der Waals surface area contributed by atoms with Crippen molar-refractivity contribution in [2.75, 3.05) is 0 Å². The average Bonchev–Trinajstić information content (AvgIpc) is 3.23. The van der Waals surface area contributed by atoms with Gasteiger partial charge in [0.25, 0.3) is 0 Å². The van der Waals surface area contributed by atoms with Crippen molar-refractivity contribution in [1.29, 1.82) is 0 Å². The first-order valence-electron chi connectivity index (χ1n) is 12.7. The van der Waals surface area contributed by atoms with Crippen LogP contribution >= 0.6 is 0 Å². The number of carbonyl (C=O) groups excluding carboxylic acids is 2. The number of esters is 1. The van der Waals surface area contributed by atoms with Crippen LogP contribution in [0.4, 0.5) is 4.79 Å². The van der Waals surface area contributed by atoms with Gasteiger partial charge in [0.15, 0.2) is 0 Å². The van der Waals surface area contributed by atoms with Gasteiger partial charge in [-0.15, -0.1) is 0 Å². The Morgan fingerprint density at radius 3 is 2.16 bits per heavy atom. The fraction of sp³-hybridized carbons (Fsp3) is 0.355. The van der Waals surface area contributed by atoms with Crippen molar-refractivity contribution in [2.24, 2.45) is 5.92 Å². The first-order valence-corrected chi connectivity index (χ1v) is 12.7. The summed E-state index contributed by atoms with van der Waals surface area (Å²) in [7, 11) is 0. The number of alkyl carbamates (subject to hydrolysis) is 1. The molecule has 37 heavy (non-hydrogen) atoms. The smallest absolute Gasteiger partial charge is 0.408 e. The largest absolute Gasteiger partial charge is 0.489 e. The van der Waals surface area contributed by atoms with Crippen LogP contribution in [0, 0.1) is 5.92 Å². The first kappa shape index (κ1) is 26.3. The molecule has 0 saturated carbocycles. The van der Waals surface area contributed by atoms with Gasteiger partial charge >= 0.3 is 12.1 Å². The zero-order valence-electron chi connectivity index (χ0n) is 21.7. The molecule has 0 spiro atoms. The Labute approximate surface area is 218 Å². The fourth-order valence-electron chi connectivity index (χ4n) is 4.43. The highest BCUT2D eigenvalue weighted by Crippen LogP contribution is 2.29. The molecular formula is C31H35NO5. The molecule has 1 aliphatic heterocycles. The van der Waals surface area contributed by atoms with Gasteiger partial charge in [-0.05, 0) is 62.4 Å². The molecule has 3 aromatic carbocycles. The SMILES string of the molecule is CC(C)(C)OC(=O)N[C@@H](Cc1ccccc1)[C@@H]1C[C@@H](Cc2ccc(OCc3ccccc3)cc2)C(=O)O1. The second kappa shape index (κ2) is 12.0. The molecule has 1 fully saturated rings. The maximum Gasteiger partial charge on any atom is 0.408 e. The van der Waals surface area contributed by atoms with Gasteiger partial charge in [0.2, 0.25) is 0 Å². The molecule has 4 rings (SSSR count). The molecule has 6 heteroatoms. The first-order chi connectivity index (χ1) is 17.7. The Kier molecular flexibility index (Phi) is 8.49. The molecular weight excluding hydrogens is 466 g/mol. The minimum atomic E-state index is -0.618. The molecule has 0 bridgehead atoms. The van der Waals surface area contributed by atoms with Crippen LogP contribution in [0.25, 0.3) is 0 Å². The van der Waals surface area contributed by atoms with Crippen molar-refractivity contribution in [2.45, 2.75) is 64.4 Å². The average molecular weight is 502 g/mol. The number of nitrogens with one attached hydrogen (secondary N) is 1. The third-order valence-electron chi connectivity index (χ3n) is 6.22. The summed E-state index contributed by atoms with van der Waals surface area (Å²) in [6.07, 6.45) is 0.688. The third-order valence-corrected chi connectivity index (χ3v) is 6.22. The third kappa shape index (κ3) is 8.10. The summed E-state index contributed by atoms with van der Waals surface area (Å²) in [4.78, 5) is 25.4. The van der Waals surface area contributed by atoms with Crippen LogP contribution in [0.5, 0.6) is 5.75 Å². The summed E-state index contributed by atoms with van der Waals surface area (Å²) in [6, 6.07) is 27.3. The monoisotopic (exact) mass is 501 g/mol. The maximum atomic E-state index is 12.8. The van der Waals surface area contributed by atoms with Crippen molar-refractivity contribution in [3.05, 3.63) is 102 Å². The minimum absolute atomic E-state index is 0.238. The molecule has 3 atom stereocenters. The number of benzene rings is 3. The van der Waals surface area contributed by atoms with Crippen molar-refractivity contribution in [1.82, 2.24) is 5.32 Å². The molecule has 1 saturated heterocycles. The van der Waals surface area contributed by atoms with Crippen LogP contribution in [0.15, 0.2) is 84.9 Å². The Morgan fingerprint density at radius 2 is 1.54 bits per heavy atom. The summed E-state index contributed by atoms with van der Waals surface area (Å²) in [5.74, 6) is 0.266. The lowest BCUT2D eigenvalue weighted by Crippen LogP contribution is -2.46. The Bertz CT molecular complexity index is 1160. The lowest BCUT2D eigenvalue weighted by atomic mass is 9.92. The highest BCUT2D eigenvalue weighted by molar-refractivity contribution is 5.75. The zero-order valence-corrected chi connectivity index (χ0v) is 21.7. The predicted molar refractivity (Wildman–Crippen MR) is 142 cm³/mol. The Morgan fingerprint density at radius 1 is 0.919 bits per heavy atom. The summed E-state index contributed by atoms with van der Waals surface area (Å²) < 4.78 is 17.1. The van der Waals surface area contributed by atoms with E-state index >= 15 is 0 Å². The second-order valence-corrected chi connectivity index (χ2v) is 10.5. The summed E-state index contributed by atoms with van der Waals surface area (Å²) in [5.41, 5.74) is 2.58. The van der Waals surface area contributed by atoms with E-state index < -0.39 is 17.8 Å². The number of amides is 1. The fourth-order valence-corrected chi connectivity index (χ4v) is 4.43. The molecule has 194 valence electrons. The summed E-state index contributed by atoms with van der Waals surface area (Å²) in [6.45, 7) is 5.97. The van der Waals surface area contributed by atoms with Crippen LogP contribution < -0.4 is 10.1 Å². The molecule has 0 radical (unpaired) electrons. The van der Waals surface area contributed by atoms with Gasteiger partial charge in [0.05, 0.1) is 12.0 Å². The quantitative estimate of drug-likeness (QED) is 0.371. The normalized spacial score (nSPS) is 18.1. The number of rotatable bonds is 9. The van der Waals surface area contributed by atoms with E-state index in [0.29, 0.717) is 25.9 Å². The van der Waals surface area contributed by atoms with E-state index in [0.717, 1.165) is 22.4 Å². The number of cyclic esters (lactones) is 1. The maximum absolute atomic E-state index is 12.8. The number of ether oxygens (including phenoxy) is 3. The van der Waals surface area contributed by atoms with Crippen LogP contribution in [0.2, 0.25) is 0 Å². The Balaban J connectivity index is 1.37. The van der Waals surface area contributed by atoms with Gasteiger partial charge in [-0.25, -0.2) is 4.79 Å². The van der Waals surface area contributed by atoms with Crippen molar-refractivity contribution in [3.8, 4) is 5.75 Å². The molecule has 0 aliphatic carbocycles. The highest BCUT2D eigenvalue weighted by Gasteiger charge is 2.40. The van der Waals surface area contributed by atoms with Crippen LogP contribution in [-0.2, 0) is 33.7 Å². The summed E-state index contributed by atoms with van der Waals surface area (Å²) in [5, 5.41) is 2.95. The molecule has 1 heterocycles. The van der Waals surface area contributed by atoms with E-state index in [9.17, 15) is 9.59 Å². The van der Waals surface area contributed by atoms with E-state index in [1.54, 1.807) is 0 Å². The van der Waals surface area contributed by atoms with Crippen molar-refractivity contribution >= 4 is 12.1 Å². The molecule has 1 aliphatic rings. The van der Waals surface area contributed by atoms with Gasteiger partial charge in [0, 0.05) is 6.42 Å². The molecule has 1 amide bonds. The molecule has 3 aromatic rings. The lowest BCUT2D eigenvalue weighted by molar-refractivity contribution is -0.145. The van der Waals surface area contributed by atoms with Crippen molar-refractivity contribution < 1.29 is 23.8 Å². The van der Waals surface area contributed by atoms with E-state index in [4.69, 9.17) is 14.2 Å². The van der Waals surface area contributed by atoms with Crippen LogP contribution in [0.1, 0.15) is 43.9 Å².